The van der Waals surface area contributed by atoms with Crippen LogP contribution in [0.4, 0.5) is 28.9 Å². The molecule has 0 radical (unpaired) electrons. The highest BCUT2D eigenvalue weighted by atomic mass is 32.1. The summed E-state index contributed by atoms with van der Waals surface area (Å²) in [4.78, 5) is 30.1. The number of rotatable bonds is 3. The number of hydrogen-bond donors (Lipinski definition) is 0. The zero-order valence-corrected chi connectivity index (χ0v) is 16.4. The molecule has 158 valence electrons. The fourth-order valence-electron chi connectivity index (χ4n) is 3.84. The van der Waals surface area contributed by atoms with Crippen molar-refractivity contribution in [3.8, 4) is 6.07 Å². The van der Waals surface area contributed by atoms with Crippen molar-refractivity contribution in [3.05, 3.63) is 53.1 Å². The number of carbonyl (C=O) groups excluding carboxylic acids is 2. The molecule has 0 N–H and O–H groups in total. The van der Waals surface area contributed by atoms with Gasteiger partial charge in [0.2, 0.25) is 0 Å². The summed E-state index contributed by atoms with van der Waals surface area (Å²) in [5.74, 6) is -1.36. The first-order chi connectivity index (χ1) is 14.6. The number of nitrogens with zero attached hydrogens (tertiary/aromatic N) is 4. The van der Waals surface area contributed by atoms with E-state index >= 15 is 0 Å². The number of alkyl halides is 3. The summed E-state index contributed by atoms with van der Waals surface area (Å²) in [6.07, 6.45) is -2.12. The first-order valence-electron chi connectivity index (χ1n) is 9.05. The third kappa shape index (κ3) is 3.06. The summed E-state index contributed by atoms with van der Waals surface area (Å²) in [5, 5.41) is 8.81. The number of amides is 1. The minimum Gasteiger partial charge on any atom is -0.303 e. The number of pyridine rings is 1. The van der Waals surface area contributed by atoms with E-state index in [1.165, 1.54) is 23.1 Å². The summed E-state index contributed by atoms with van der Waals surface area (Å²) in [5.41, 5.74) is -3.47. The van der Waals surface area contributed by atoms with Crippen LogP contribution in [0.3, 0.4) is 0 Å². The molecular formula is C20H12F4N4O2S. The summed E-state index contributed by atoms with van der Waals surface area (Å²) in [6, 6.07) is 5.77. The van der Waals surface area contributed by atoms with E-state index in [1.807, 2.05) is 0 Å². The van der Waals surface area contributed by atoms with Crippen LogP contribution in [-0.2, 0) is 11.0 Å². The lowest BCUT2D eigenvalue weighted by atomic mass is 9.75. The quantitative estimate of drug-likeness (QED) is 0.402. The Hall–Kier alpha value is -3.39. The van der Waals surface area contributed by atoms with Crippen molar-refractivity contribution < 1.29 is 27.2 Å². The number of carbonyl (C=O) groups is 2. The van der Waals surface area contributed by atoms with Gasteiger partial charge in [-0.3, -0.25) is 14.5 Å². The largest absolute Gasteiger partial charge is 0.419 e. The van der Waals surface area contributed by atoms with Gasteiger partial charge in [0.1, 0.15) is 17.4 Å². The average molecular weight is 448 g/mol. The van der Waals surface area contributed by atoms with Gasteiger partial charge in [-0.1, -0.05) is 0 Å². The van der Waals surface area contributed by atoms with Crippen LogP contribution in [0, 0.1) is 17.1 Å². The second-order valence-electron chi connectivity index (χ2n) is 7.17. The number of nitriles is 1. The molecule has 1 aliphatic heterocycles. The Balaban J connectivity index is 1.83. The molecule has 2 heterocycles. The van der Waals surface area contributed by atoms with Crippen LogP contribution in [0.2, 0.25) is 0 Å². The Bertz CT molecular complexity index is 1170. The molecule has 0 atom stereocenters. The van der Waals surface area contributed by atoms with Crippen LogP contribution in [0.25, 0.3) is 0 Å². The zero-order valence-electron chi connectivity index (χ0n) is 15.6. The van der Waals surface area contributed by atoms with Crippen LogP contribution in [0.5, 0.6) is 0 Å². The number of aromatic nitrogens is 1. The summed E-state index contributed by atoms with van der Waals surface area (Å²) < 4.78 is 54.4. The van der Waals surface area contributed by atoms with Crippen molar-refractivity contribution >= 4 is 40.9 Å². The molecule has 1 amide bonds. The van der Waals surface area contributed by atoms with Crippen LogP contribution in [0.15, 0.2) is 30.5 Å². The second kappa shape index (κ2) is 7.09. The maximum absolute atomic E-state index is 14.2. The van der Waals surface area contributed by atoms with Crippen LogP contribution in [0.1, 0.15) is 40.9 Å². The molecule has 1 spiro atoms. The summed E-state index contributed by atoms with van der Waals surface area (Å²) >= 11 is 5.42. The smallest absolute Gasteiger partial charge is 0.303 e. The maximum atomic E-state index is 14.2. The first kappa shape index (κ1) is 20.9. The highest BCUT2D eigenvalue weighted by molar-refractivity contribution is 7.81. The lowest BCUT2D eigenvalue weighted by Crippen LogP contribution is -2.55. The van der Waals surface area contributed by atoms with E-state index in [-0.39, 0.29) is 22.1 Å². The van der Waals surface area contributed by atoms with Gasteiger partial charge in [-0.2, -0.15) is 18.4 Å². The molecule has 1 saturated heterocycles. The normalized spacial score (nSPS) is 17.6. The Morgan fingerprint density at radius 3 is 2.45 bits per heavy atom. The SMILES string of the molecule is N#Cc1ncc(N2C(=O)C3(CCC3)N(c3ccc(C=O)c(F)c3)C2=S)cc1C(F)(F)F. The van der Waals surface area contributed by atoms with Gasteiger partial charge in [0, 0.05) is 5.69 Å². The monoisotopic (exact) mass is 448 g/mol. The molecule has 4 rings (SSSR count). The number of anilines is 2. The molecule has 0 unspecified atom stereocenters. The van der Waals surface area contributed by atoms with E-state index in [0.29, 0.717) is 31.6 Å². The second-order valence-corrected chi connectivity index (χ2v) is 7.53. The third-order valence-corrected chi connectivity index (χ3v) is 5.87. The van der Waals surface area contributed by atoms with Gasteiger partial charge in [-0.15, -0.1) is 0 Å². The minimum atomic E-state index is -4.86. The van der Waals surface area contributed by atoms with Gasteiger partial charge in [-0.05, 0) is 55.7 Å². The standard InChI is InChI=1S/C20H12F4N4O2S/c21-15-7-12(3-2-11(15)10-29)28-18(31)27(17(30)19(28)4-1-5-19)13-6-14(20(22,23)24)16(8-25)26-9-13/h2-3,6-7,9-10H,1,4-5H2. The fourth-order valence-corrected chi connectivity index (χ4v) is 4.31. The van der Waals surface area contributed by atoms with Crippen molar-refractivity contribution in [1.29, 1.82) is 5.26 Å². The predicted molar refractivity (Wildman–Crippen MR) is 105 cm³/mol. The number of hydrogen-bond acceptors (Lipinski definition) is 5. The Morgan fingerprint density at radius 2 is 1.94 bits per heavy atom. The van der Waals surface area contributed by atoms with E-state index in [1.54, 1.807) is 0 Å². The van der Waals surface area contributed by atoms with Crippen molar-refractivity contribution in [2.75, 3.05) is 9.80 Å². The number of aldehydes is 1. The summed E-state index contributed by atoms with van der Waals surface area (Å²) in [7, 11) is 0. The van der Waals surface area contributed by atoms with Gasteiger partial charge < -0.3 is 4.90 Å². The topological polar surface area (TPSA) is 77.3 Å². The lowest BCUT2D eigenvalue weighted by molar-refractivity contribution is -0.138. The maximum Gasteiger partial charge on any atom is 0.419 e. The Morgan fingerprint density at radius 1 is 1.23 bits per heavy atom. The molecule has 2 aliphatic rings. The van der Waals surface area contributed by atoms with Crippen molar-refractivity contribution in [1.82, 2.24) is 4.98 Å². The van der Waals surface area contributed by atoms with E-state index in [4.69, 9.17) is 17.5 Å². The molecular weight excluding hydrogens is 436 g/mol. The van der Waals surface area contributed by atoms with Crippen molar-refractivity contribution in [3.63, 3.8) is 0 Å². The van der Waals surface area contributed by atoms with E-state index in [2.05, 4.69) is 4.98 Å². The number of halogens is 4. The lowest BCUT2D eigenvalue weighted by Gasteiger charge is -2.43. The van der Waals surface area contributed by atoms with Gasteiger partial charge in [0.05, 0.1) is 23.0 Å². The van der Waals surface area contributed by atoms with Crippen LogP contribution in [-0.4, -0.2) is 27.8 Å². The number of benzene rings is 1. The Labute approximate surface area is 178 Å². The molecule has 1 aliphatic carbocycles. The third-order valence-electron chi connectivity index (χ3n) is 5.50. The van der Waals surface area contributed by atoms with Gasteiger partial charge >= 0.3 is 6.18 Å². The highest BCUT2D eigenvalue weighted by Crippen LogP contribution is 2.48. The molecule has 2 fully saturated rings. The molecule has 11 heteroatoms. The Kier molecular flexibility index (Phi) is 4.77. The molecule has 1 aromatic carbocycles. The first-order valence-corrected chi connectivity index (χ1v) is 9.46. The molecule has 2 aromatic rings. The van der Waals surface area contributed by atoms with E-state index in [0.717, 1.165) is 17.2 Å². The number of thiocarbonyl (C=S) groups is 1. The molecule has 6 nitrogen and oxygen atoms in total. The highest BCUT2D eigenvalue weighted by Gasteiger charge is 2.59. The van der Waals surface area contributed by atoms with Crippen molar-refractivity contribution in [2.24, 2.45) is 0 Å². The molecule has 0 bridgehead atoms. The van der Waals surface area contributed by atoms with E-state index < -0.39 is 34.7 Å². The van der Waals surface area contributed by atoms with Crippen molar-refractivity contribution in [2.45, 2.75) is 31.0 Å². The zero-order chi connectivity index (χ0) is 22.6. The van der Waals surface area contributed by atoms with Crippen LogP contribution >= 0.6 is 12.2 Å². The molecule has 31 heavy (non-hydrogen) atoms. The molecule has 1 aromatic heterocycles. The van der Waals surface area contributed by atoms with Gasteiger partial charge in [-0.25, -0.2) is 9.37 Å². The predicted octanol–water partition coefficient (Wildman–Crippen LogP) is 3.98. The fraction of sp³-hybridized carbons (Fsp3) is 0.250. The average Bonchev–Trinajstić information content (AvgIpc) is 2.93. The van der Waals surface area contributed by atoms with Gasteiger partial charge in [0.15, 0.2) is 17.1 Å². The minimum absolute atomic E-state index is 0.136. The van der Waals surface area contributed by atoms with Gasteiger partial charge in [0.25, 0.3) is 5.91 Å². The van der Waals surface area contributed by atoms with E-state index in [9.17, 15) is 27.2 Å². The summed E-state index contributed by atoms with van der Waals surface area (Å²) in [6.45, 7) is 0. The van der Waals surface area contributed by atoms with Crippen LogP contribution < -0.4 is 9.80 Å². The molecule has 1 saturated carbocycles.